The van der Waals surface area contributed by atoms with Crippen LogP contribution in [0.3, 0.4) is 0 Å². The van der Waals surface area contributed by atoms with Crippen LogP contribution >= 0.6 is 27.3 Å². The molecule has 1 unspecified atom stereocenters. The standard InChI is InChI=1S/C13H19BrN2OS/c1-9-4-16-6-12(17)3-11(16)5-15(9)7-13-2-10(14)8-18-13/h2,8-9,11-12,17H,3-7H2,1H3/t9-,11?,12-/m1/s1. The topological polar surface area (TPSA) is 26.7 Å². The summed E-state index contributed by atoms with van der Waals surface area (Å²) >= 11 is 5.34. The van der Waals surface area contributed by atoms with Gasteiger partial charge >= 0.3 is 0 Å². The minimum absolute atomic E-state index is 0.113. The number of aliphatic hydroxyl groups is 1. The lowest BCUT2D eigenvalue weighted by atomic mass is 10.1. The molecule has 1 aromatic rings. The molecule has 1 N–H and O–H groups in total. The predicted molar refractivity (Wildman–Crippen MR) is 77.9 cm³/mol. The summed E-state index contributed by atoms with van der Waals surface area (Å²) < 4.78 is 1.19. The van der Waals surface area contributed by atoms with E-state index in [9.17, 15) is 5.11 Å². The van der Waals surface area contributed by atoms with Crippen LogP contribution in [0.1, 0.15) is 18.2 Å². The largest absolute Gasteiger partial charge is 0.392 e. The zero-order valence-corrected chi connectivity index (χ0v) is 13.0. The van der Waals surface area contributed by atoms with Gasteiger partial charge in [-0.2, -0.15) is 0 Å². The number of nitrogens with zero attached hydrogens (tertiary/aromatic N) is 2. The van der Waals surface area contributed by atoms with E-state index in [2.05, 4.69) is 44.1 Å². The molecule has 2 fully saturated rings. The average molecular weight is 331 g/mol. The number of hydrogen-bond acceptors (Lipinski definition) is 4. The molecule has 3 nitrogen and oxygen atoms in total. The Labute approximate surface area is 121 Å². The normalized spacial score (nSPS) is 33.8. The molecule has 3 heterocycles. The van der Waals surface area contributed by atoms with E-state index in [1.807, 2.05) is 11.3 Å². The average Bonchev–Trinajstić information content (AvgIpc) is 2.85. The molecule has 1 aromatic heterocycles. The van der Waals surface area contributed by atoms with E-state index in [0.29, 0.717) is 12.1 Å². The van der Waals surface area contributed by atoms with Crippen molar-refractivity contribution >= 4 is 27.3 Å². The Morgan fingerprint density at radius 3 is 3.00 bits per heavy atom. The molecule has 3 atom stereocenters. The van der Waals surface area contributed by atoms with Crippen LogP contribution in [0.25, 0.3) is 0 Å². The Kier molecular flexibility index (Phi) is 3.78. The van der Waals surface area contributed by atoms with Crippen LogP contribution in [0.2, 0.25) is 0 Å². The van der Waals surface area contributed by atoms with Gasteiger partial charge in [0.05, 0.1) is 6.10 Å². The molecule has 2 saturated heterocycles. The Morgan fingerprint density at radius 1 is 1.44 bits per heavy atom. The SMILES string of the molecule is C[C@@H]1CN2C[C@H](O)CC2CN1Cc1cc(Br)cs1. The van der Waals surface area contributed by atoms with Gasteiger partial charge in [0.2, 0.25) is 0 Å². The van der Waals surface area contributed by atoms with Gasteiger partial charge in [0.15, 0.2) is 0 Å². The number of aliphatic hydroxyl groups excluding tert-OH is 1. The molecule has 18 heavy (non-hydrogen) atoms. The fraction of sp³-hybridized carbons (Fsp3) is 0.692. The van der Waals surface area contributed by atoms with Crippen LogP contribution in [0.15, 0.2) is 15.9 Å². The third kappa shape index (κ3) is 2.65. The second-order valence-corrected chi connectivity index (χ2v) is 7.42. The summed E-state index contributed by atoms with van der Waals surface area (Å²) in [5, 5.41) is 11.9. The molecule has 0 aliphatic carbocycles. The van der Waals surface area contributed by atoms with E-state index in [1.54, 1.807) is 0 Å². The Hall–Kier alpha value is 0.0600. The molecular weight excluding hydrogens is 312 g/mol. The molecule has 0 saturated carbocycles. The smallest absolute Gasteiger partial charge is 0.0682 e. The minimum Gasteiger partial charge on any atom is -0.392 e. The fourth-order valence-electron chi connectivity index (χ4n) is 3.13. The minimum atomic E-state index is -0.113. The van der Waals surface area contributed by atoms with Gasteiger partial charge < -0.3 is 5.11 Å². The zero-order valence-electron chi connectivity index (χ0n) is 10.6. The molecule has 3 rings (SSSR count). The summed E-state index contributed by atoms with van der Waals surface area (Å²) in [6.45, 7) is 6.39. The van der Waals surface area contributed by atoms with Crippen molar-refractivity contribution in [2.24, 2.45) is 0 Å². The van der Waals surface area contributed by atoms with Crippen LogP contribution in [0.4, 0.5) is 0 Å². The lowest BCUT2D eigenvalue weighted by Gasteiger charge is -2.42. The van der Waals surface area contributed by atoms with Crippen LogP contribution in [0.5, 0.6) is 0 Å². The summed E-state index contributed by atoms with van der Waals surface area (Å²) in [7, 11) is 0. The molecule has 5 heteroatoms. The highest BCUT2D eigenvalue weighted by Crippen LogP contribution is 2.28. The molecule has 0 spiro atoms. The number of piperazine rings is 1. The first-order valence-corrected chi connectivity index (χ1v) is 8.18. The molecule has 2 aliphatic rings. The molecule has 0 radical (unpaired) electrons. The van der Waals surface area contributed by atoms with Gasteiger partial charge in [-0.3, -0.25) is 9.80 Å². The number of halogens is 1. The number of thiophene rings is 1. The third-order valence-electron chi connectivity index (χ3n) is 4.05. The van der Waals surface area contributed by atoms with Gasteiger partial charge in [0.25, 0.3) is 0 Å². The lowest BCUT2D eigenvalue weighted by Crippen LogP contribution is -2.54. The van der Waals surface area contributed by atoms with E-state index in [0.717, 1.165) is 32.6 Å². The summed E-state index contributed by atoms with van der Waals surface area (Å²) in [6.07, 6.45) is 0.829. The molecule has 100 valence electrons. The highest BCUT2D eigenvalue weighted by molar-refractivity contribution is 9.10. The Balaban J connectivity index is 1.66. The van der Waals surface area contributed by atoms with Gasteiger partial charge in [-0.15, -0.1) is 11.3 Å². The predicted octanol–water partition coefficient (Wildman–Crippen LogP) is 2.15. The van der Waals surface area contributed by atoms with E-state index in [-0.39, 0.29) is 6.10 Å². The van der Waals surface area contributed by atoms with Crippen LogP contribution in [0, 0.1) is 0 Å². The fourth-order valence-corrected chi connectivity index (χ4v) is 4.61. The van der Waals surface area contributed by atoms with E-state index < -0.39 is 0 Å². The van der Waals surface area contributed by atoms with E-state index >= 15 is 0 Å². The Morgan fingerprint density at radius 2 is 2.28 bits per heavy atom. The molecule has 0 amide bonds. The first-order valence-electron chi connectivity index (χ1n) is 6.51. The van der Waals surface area contributed by atoms with Crippen LogP contribution < -0.4 is 0 Å². The Bertz CT molecular complexity index is 425. The van der Waals surface area contributed by atoms with Crippen molar-refractivity contribution in [2.45, 2.75) is 38.1 Å². The maximum atomic E-state index is 9.76. The summed E-state index contributed by atoms with van der Waals surface area (Å²) in [6, 6.07) is 3.35. The molecule has 0 aromatic carbocycles. The van der Waals surface area contributed by atoms with Gasteiger partial charge in [-0.1, -0.05) is 0 Å². The number of hydrogen-bond donors (Lipinski definition) is 1. The molecular formula is C13H19BrN2OS. The highest BCUT2D eigenvalue weighted by atomic mass is 79.9. The van der Waals surface area contributed by atoms with E-state index in [1.165, 1.54) is 9.35 Å². The second-order valence-electron chi connectivity index (χ2n) is 5.51. The van der Waals surface area contributed by atoms with E-state index in [4.69, 9.17) is 0 Å². The van der Waals surface area contributed by atoms with Crippen LogP contribution in [-0.2, 0) is 6.54 Å². The quantitative estimate of drug-likeness (QED) is 0.900. The van der Waals surface area contributed by atoms with Gasteiger partial charge in [0, 0.05) is 53.0 Å². The maximum absolute atomic E-state index is 9.76. The van der Waals surface area contributed by atoms with Crippen LogP contribution in [-0.4, -0.2) is 52.7 Å². The first-order chi connectivity index (χ1) is 8.61. The van der Waals surface area contributed by atoms with Crippen molar-refractivity contribution in [3.05, 3.63) is 20.8 Å². The molecule has 0 bridgehead atoms. The first kappa shape index (κ1) is 13.1. The van der Waals surface area contributed by atoms with Crippen molar-refractivity contribution < 1.29 is 5.11 Å². The maximum Gasteiger partial charge on any atom is 0.0682 e. The third-order valence-corrected chi connectivity index (χ3v) is 5.74. The van der Waals surface area contributed by atoms with Crippen molar-refractivity contribution in [3.63, 3.8) is 0 Å². The second kappa shape index (κ2) is 5.21. The van der Waals surface area contributed by atoms with Crippen molar-refractivity contribution in [1.29, 1.82) is 0 Å². The number of rotatable bonds is 2. The highest BCUT2D eigenvalue weighted by Gasteiger charge is 2.37. The zero-order chi connectivity index (χ0) is 12.7. The van der Waals surface area contributed by atoms with Crippen molar-refractivity contribution in [2.75, 3.05) is 19.6 Å². The number of fused-ring (bicyclic) bond motifs is 1. The summed E-state index contributed by atoms with van der Waals surface area (Å²) in [5.41, 5.74) is 0. The lowest BCUT2D eigenvalue weighted by molar-refractivity contribution is 0.0535. The van der Waals surface area contributed by atoms with Gasteiger partial charge in [-0.25, -0.2) is 0 Å². The van der Waals surface area contributed by atoms with Crippen molar-refractivity contribution in [1.82, 2.24) is 9.80 Å². The summed E-state index contributed by atoms with van der Waals surface area (Å²) in [4.78, 5) is 6.42. The van der Waals surface area contributed by atoms with Gasteiger partial charge in [-0.05, 0) is 35.3 Å². The molecule has 2 aliphatic heterocycles. The summed E-state index contributed by atoms with van der Waals surface area (Å²) in [5.74, 6) is 0. The van der Waals surface area contributed by atoms with Crippen molar-refractivity contribution in [3.8, 4) is 0 Å². The van der Waals surface area contributed by atoms with Gasteiger partial charge in [0.1, 0.15) is 0 Å². The monoisotopic (exact) mass is 330 g/mol.